The maximum absolute atomic E-state index is 12.0. The summed E-state index contributed by atoms with van der Waals surface area (Å²) in [6.45, 7) is 6.53. The lowest BCUT2D eigenvalue weighted by Crippen LogP contribution is -2.41. The van der Waals surface area contributed by atoms with E-state index in [1.807, 2.05) is 39.1 Å². The van der Waals surface area contributed by atoms with Gasteiger partial charge < -0.3 is 15.6 Å². The Morgan fingerprint density at radius 2 is 1.92 bits per heavy atom. The molecule has 0 radical (unpaired) electrons. The first kappa shape index (κ1) is 17.0. The van der Waals surface area contributed by atoms with Crippen LogP contribution in [-0.2, 0) is 6.42 Å². The number of H-pyrrole nitrogens is 1. The van der Waals surface area contributed by atoms with Crippen molar-refractivity contribution in [2.24, 2.45) is 0 Å². The summed E-state index contributed by atoms with van der Waals surface area (Å²) in [6.07, 6.45) is 2.91. The van der Waals surface area contributed by atoms with Gasteiger partial charge >= 0.3 is 0 Å². The van der Waals surface area contributed by atoms with Crippen molar-refractivity contribution in [3.8, 4) is 0 Å². The van der Waals surface area contributed by atoms with Gasteiger partial charge in [-0.2, -0.15) is 0 Å². The molecule has 25 heavy (non-hydrogen) atoms. The molecule has 0 saturated carbocycles. The summed E-state index contributed by atoms with van der Waals surface area (Å²) >= 11 is 0. The van der Waals surface area contributed by atoms with Crippen molar-refractivity contribution in [3.05, 3.63) is 53.9 Å². The van der Waals surface area contributed by atoms with Gasteiger partial charge in [-0.15, -0.1) is 10.2 Å². The topological polar surface area (TPSA) is 82.7 Å². The molecule has 0 aliphatic carbocycles. The Hall–Kier alpha value is -2.89. The van der Waals surface area contributed by atoms with Crippen LogP contribution in [0.2, 0.25) is 0 Å². The molecule has 2 heterocycles. The van der Waals surface area contributed by atoms with E-state index in [0.29, 0.717) is 11.5 Å². The number of hydrogen-bond donors (Lipinski definition) is 3. The molecule has 6 heteroatoms. The van der Waals surface area contributed by atoms with E-state index in [1.165, 1.54) is 10.9 Å². The van der Waals surface area contributed by atoms with Crippen LogP contribution in [0.4, 0.5) is 5.82 Å². The standard InChI is InChI=1S/C19H23N5O/c1-19(2,3)22-18(25)16-8-9-17(24-23-16)20-11-10-13-12-21-15-7-5-4-6-14(13)15/h4-9,12,21H,10-11H2,1-3H3,(H,20,24)(H,22,25). The van der Waals surface area contributed by atoms with Crippen LogP contribution in [0.25, 0.3) is 10.9 Å². The predicted molar refractivity (Wildman–Crippen MR) is 99.7 cm³/mol. The van der Waals surface area contributed by atoms with Gasteiger partial charge in [0.25, 0.3) is 5.91 Å². The number of amides is 1. The molecule has 0 bridgehead atoms. The molecule has 0 spiro atoms. The van der Waals surface area contributed by atoms with Crippen LogP contribution in [0.3, 0.4) is 0 Å². The van der Waals surface area contributed by atoms with Crippen molar-refractivity contribution in [2.75, 3.05) is 11.9 Å². The molecular formula is C19H23N5O. The van der Waals surface area contributed by atoms with Crippen molar-refractivity contribution in [1.29, 1.82) is 0 Å². The second-order valence-corrected chi connectivity index (χ2v) is 7.04. The Morgan fingerprint density at radius 1 is 1.12 bits per heavy atom. The maximum Gasteiger partial charge on any atom is 0.272 e. The third-order valence-electron chi connectivity index (χ3n) is 3.76. The van der Waals surface area contributed by atoms with Gasteiger partial charge in [-0.25, -0.2) is 0 Å². The van der Waals surface area contributed by atoms with E-state index in [9.17, 15) is 4.79 Å². The quantitative estimate of drug-likeness (QED) is 0.668. The highest BCUT2D eigenvalue weighted by atomic mass is 16.2. The van der Waals surface area contributed by atoms with Gasteiger partial charge in [0, 0.05) is 29.2 Å². The van der Waals surface area contributed by atoms with Crippen molar-refractivity contribution in [2.45, 2.75) is 32.7 Å². The highest BCUT2D eigenvalue weighted by Crippen LogP contribution is 2.18. The Balaban J connectivity index is 1.56. The highest BCUT2D eigenvalue weighted by molar-refractivity contribution is 5.92. The van der Waals surface area contributed by atoms with Gasteiger partial charge in [-0.05, 0) is 51.0 Å². The molecule has 0 aliphatic rings. The fraction of sp³-hybridized carbons (Fsp3) is 0.316. The van der Waals surface area contributed by atoms with Crippen LogP contribution in [0.1, 0.15) is 36.8 Å². The predicted octanol–water partition coefficient (Wildman–Crippen LogP) is 3.14. The van der Waals surface area contributed by atoms with Gasteiger partial charge in [0.1, 0.15) is 5.82 Å². The molecule has 0 atom stereocenters. The number of aromatic nitrogens is 3. The monoisotopic (exact) mass is 337 g/mol. The molecule has 130 valence electrons. The molecule has 1 aromatic carbocycles. The second kappa shape index (κ2) is 6.93. The summed E-state index contributed by atoms with van der Waals surface area (Å²) in [7, 11) is 0. The average molecular weight is 337 g/mol. The minimum atomic E-state index is -0.297. The minimum Gasteiger partial charge on any atom is -0.368 e. The fourth-order valence-electron chi connectivity index (χ4n) is 2.62. The Labute approximate surface area is 147 Å². The number of benzene rings is 1. The number of hydrogen-bond acceptors (Lipinski definition) is 4. The summed E-state index contributed by atoms with van der Waals surface area (Å²) < 4.78 is 0. The number of aromatic amines is 1. The maximum atomic E-state index is 12.0. The summed E-state index contributed by atoms with van der Waals surface area (Å²) in [5, 5.41) is 15.4. The molecule has 3 rings (SSSR count). The van der Waals surface area contributed by atoms with Gasteiger partial charge in [0.05, 0.1) is 0 Å². The van der Waals surface area contributed by atoms with Crippen molar-refractivity contribution in [1.82, 2.24) is 20.5 Å². The lowest BCUT2D eigenvalue weighted by Gasteiger charge is -2.19. The van der Waals surface area contributed by atoms with E-state index >= 15 is 0 Å². The van der Waals surface area contributed by atoms with Crippen molar-refractivity contribution < 1.29 is 4.79 Å². The molecule has 3 N–H and O–H groups in total. The molecule has 6 nitrogen and oxygen atoms in total. The van der Waals surface area contributed by atoms with Gasteiger partial charge in [0.15, 0.2) is 5.69 Å². The number of para-hydroxylation sites is 1. The van der Waals surface area contributed by atoms with E-state index in [-0.39, 0.29) is 11.4 Å². The SMILES string of the molecule is CC(C)(C)NC(=O)c1ccc(NCCc2c[nH]c3ccccc23)nn1. The van der Waals surface area contributed by atoms with E-state index in [1.54, 1.807) is 12.1 Å². The molecule has 2 aromatic heterocycles. The average Bonchev–Trinajstić information content (AvgIpc) is 2.97. The molecule has 0 saturated heterocycles. The zero-order valence-electron chi connectivity index (χ0n) is 14.8. The first-order chi connectivity index (χ1) is 11.9. The van der Waals surface area contributed by atoms with Gasteiger partial charge in [-0.3, -0.25) is 4.79 Å². The van der Waals surface area contributed by atoms with Crippen LogP contribution in [0.5, 0.6) is 0 Å². The number of carbonyl (C=O) groups is 1. The highest BCUT2D eigenvalue weighted by Gasteiger charge is 2.16. The molecule has 0 aliphatic heterocycles. The summed E-state index contributed by atoms with van der Waals surface area (Å²) in [5.74, 6) is 0.442. The molecule has 3 aromatic rings. The third-order valence-corrected chi connectivity index (χ3v) is 3.76. The van der Waals surface area contributed by atoms with E-state index in [2.05, 4.69) is 37.9 Å². The summed E-state index contributed by atoms with van der Waals surface area (Å²) in [6, 6.07) is 11.7. The van der Waals surface area contributed by atoms with Gasteiger partial charge in [-0.1, -0.05) is 18.2 Å². The Bertz CT molecular complexity index is 861. The molecule has 0 fully saturated rings. The van der Waals surface area contributed by atoms with Crippen molar-refractivity contribution in [3.63, 3.8) is 0 Å². The lowest BCUT2D eigenvalue weighted by molar-refractivity contribution is 0.0913. The number of rotatable bonds is 5. The molecule has 1 amide bonds. The lowest BCUT2D eigenvalue weighted by atomic mass is 10.1. The van der Waals surface area contributed by atoms with Crippen molar-refractivity contribution >= 4 is 22.6 Å². The van der Waals surface area contributed by atoms with Crippen LogP contribution >= 0.6 is 0 Å². The second-order valence-electron chi connectivity index (χ2n) is 7.04. The number of carbonyl (C=O) groups excluding carboxylic acids is 1. The minimum absolute atomic E-state index is 0.217. The third kappa shape index (κ3) is 4.35. The smallest absolute Gasteiger partial charge is 0.272 e. The largest absolute Gasteiger partial charge is 0.368 e. The van der Waals surface area contributed by atoms with Crippen LogP contribution in [0.15, 0.2) is 42.6 Å². The fourth-order valence-corrected chi connectivity index (χ4v) is 2.62. The van der Waals surface area contributed by atoms with Crippen LogP contribution in [-0.4, -0.2) is 33.2 Å². The zero-order chi connectivity index (χ0) is 17.9. The number of nitrogens with zero attached hydrogens (tertiary/aromatic N) is 2. The number of anilines is 1. The molecule has 0 unspecified atom stereocenters. The zero-order valence-corrected chi connectivity index (χ0v) is 14.8. The first-order valence-electron chi connectivity index (χ1n) is 8.37. The number of nitrogens with one attached hydrogen (secondary N) is 3. The summed E-state index contributed by atoms with van der Waals surface area (Å²) in [5.41, 5.74) is 2.43. The Morgan fingerprint density at radius 3 is 2.64 bits per heavy atom. The van der Waals surface area contributed by atoms with Crippen LogP contribution < -0.4 is 10.6 Å². The van der Waals surface area contributed by atoms with Crippen LogP contribution in [0, 0.1) is 0 Å². The van der Waals surface area contributed by atoms with E-state index < -0.39 is 0 Å². The first-order valence-corrected chi connectivity index (χ1v) is 8.37. The van der Waals surface area contributed by atoms with Gasteiger partial charge in [0.2, 0.25) is 0 Å². The molecular weight excluding hydrogens is 314 g/mol. The Kier molecular flexibility index (Phi) is 4.70. The van der Waals surface area contributed by atoms with E-state index in [4.69, 9.17) is 0 Å². The summed E-state index contributed by atoms with van der Waals surface area (Å²) in [4.78, 5) is 15.3. The normalized spacial score (nSPS) is 11.5. The van der Waals surface area contributed by atoms with E-state index in [0.717, 1.165) is 18.5 Å². The number of fused-ring (bicyclic) bond motifs is 1.